The molecule has 1 unspecified atom stereocenters. The molecule has 0 aromatic heterocycles. The molecule has 26 heavy (non-hydrogen) atoms. The fourth-order valence-corrected chi connectivity index (χ4v) is 2.35. The van der Waals surface area contributed by atoms with Crippen molar-refractivity contribution in [2.75, 3.05) is 6.54 Å². The van der Waals surface area contributed by atoms with Crippen molar-refractivity contribution in [3.63, 3.8) is 0 Å². The van der Waals surface area contributed by atoms with Crippen molar-refractivity contribution in [3.05, 3.63) is 34.9 Å². The van der Waals surface area contributed by atoms with E-state index in [0.717, 1.165) is 5.56 Å². The summed E-state index contributed by atoms with van der Waals surface area (Å²) in [7, 11) is 0. The molecule has 0 saturated carbocycles. The van der Waals surface area contributed by atoms with Crippen molar-refractivity contribution in [2.24, 2.45) is 0 Å². The van der Waals surface area contributed by atoms with Gasteiger partial charge in [0.15, 0.2) is 0 Å². The Morgan fingerprint density at radius 1 is 1.15 bits per heavy atom. The van der Waals surface area contributed by atoms with Crippen LogP contribution in [0.4, 0.5) is 4.79 Å². The number of carbonyl (C=O) groups is 3. The zero-order valence-electron chi connectivity index (χ0n) is 14.9. The molecule has 0 aliphatic carbocycles. The fourth-order valence-electron chi connectivity index (χ4n) is 2.23. The summed E-state index contributed by atoms with van der Waals surface area (Å²) < 4.78 is 10.2. The van der Waals surface area contributed by atoms with Crippen molar-refractivity contribution >= 4 is 29.6 Å². The topological polar surface area (TPSA) is 102 Å². The van der Waals surface area contributed by atoms with E-state index >= 15 is 0 Å². The lowest BCUT2D eigenvalue weighted by atomic mass is 9.96. The van der Waals surface area contributed by atoms with Crippen molar-refractivity contribution < 1.29 is 29.0 Å². The second-order valence-electron chi connectivity index (χ2n) is 5.69. The van der Waals surface area contributed by atoms with Crippen LogP contribution in [0.2, 0.25) is 5.02 Å². The molecule has 2 atom stereocenters. The van der Waals surface area contributed by atoms with Gasteiger partial charge in [-0.1, -0.05) is 37.6 Å². The summed E-state index contributed by atoms with van der Waals surface area (Å²) in [5.74, 6) is -1.89. The summed E-state index contributed by atoms with van der Waals surface area (Å²) in [6, 6.07) is 6.74. The van der Waals surface area contributed by atoms with Gasteiger partial charge in [0.1, 0.15) is 0 Å². The molecule has 0 aliphatic rings. The first-order valence-electron chi connectivity index (χ1n) is 8.46. The van der Waals surface area contributed by atoms with Gasteiger partial charge in [0.2, 0.25) is 6.29 Å². The summed E-state index contributed by atoms with van der Waals surface area (Å²) in [5, 5.41) is 12.1. The number of ether oxygens (including phenoxy) is 2. The van der Waals surface area contributed by atoms with Crippen LogP contribution >= 0.6 is 11.6 Å². The summed E-state index contributed by atoms with van der Waals surface area (Å²) in [4.78, 5) is 34.4. The quantitative estimate of drug-likeness (QED) is 0.470. The van der Waals surface area contributed by atoms with E-state index in [1.165, 1.54) is 0 Å². The number of alkyl carbamates (subject to hydrolysis) is 1. The Balaban J connectivity index is 2.65. The standard InChI is InChI=1S/C18H24ClNO6/c1-3-5-17(25-16(23)4-2)26-18(24)20-11-13(10-15(21)22)12-6-8-14(19)9-7-12/h6-9,13,17H,3-5,10-11H2,1-2H3,(H,20,24)(H,21,22)/t13-,17?/m0/s1. The van der Waals surface area contributed by atoms with E-state index in [2.05, 4.69) is 5.32 Å². The number of halogens is 1. The van der Waals surface area contributed by atoms with Gasteiger partial charge in [-0.05, 0) is 24.1 Å². The van der Waals surface area contributed by atoms with Gasteiger partial charge < -0.3 is 19.9 Å². The van der Waals surface area contributed by atoms with Gasteiger partial charge in [-0.25, -0.2) is 4.79 Å². The lowest BCUT2D eigenvalue weighted by Crippen LogP contribution is -2.34. The Morgan fingerprint density at radius 2 is 1.81 bits per heavy atom. The Labute approximate surface area is 157 Å². The minimum atomic E-state index is -0.985. The molecule has 0 fully saturated rings. The molecule has 1 amide bonds. The van der Waals surface area contributed by atoms with E-state index < -0.39 is 30.2 Å². The van der Waals surface area contributed by atoms with E-state index in [9.17, 15) is 14.4 Å². The number of carboxylic acids is 1. The largest absolute Gasteiger partial charge is 0.481 e. The maximum atomic E-state index is 12.0. The lowest BCUT2D eigenvalue weighted by Gasteiger charge is -2.20. The number of hydrogen-bond acceptors (Lipinski definition) is 5. The summed E-state index contributed by atoms with van der Waals surface area (Å²) in [6.07, 6.45) is -0.651. The van der Waals surface area contributed by atoms with E-state index in [0.29, 0.717) is 17.9 Å². The second-order valence-corrected chi connectivity index (χ2v) is 6.13. The zero-order valence-corrected chi connectivity index (χ0v) is 15.6. The third-order valence-electron chi connectivity index (χ3n) is 3.57. The van der Waals surface area contributed by atoms with Crippen LogP contribution in [0.3, 0.4) is 0 Å². The molecule has 144 valence electrons. The van der Waals surface area contributed by atoms with Gasteiger partial charge in [-0.15, -0.1) is 0 Å². The van der Waals surface area contributed by atoms with Crippen LogP contribution in [0, 0.1) is 0 Å². The molecular formula is C18H24ClNO6. The van der Waals surface area contributed by atoms with Crippen LogP contribution in [0.15, 0.2) is 24.3 Å². The first-order chi connectivity index (χ1) is 12.3. The van der Waals surface area contributed by atoms with Gasteiger partial charge in [-0.3, -0.25) is 9.59 Å². The maximum absolute atomic E-state index is 12.0. The SMILES string of the molecule is CCCC(OC(=O)CC)OC(=O)NC[C@H](CC(=O)O)c1ccc(Cl)cc1. The predicted octanol–water partition coefficient (Wildman–Crippen LogP) is 3.70. The van der Waals surface area contributed by atoms with E-state index in [4.69, 9.17) is 26.2 Å². The van der Waals surface area contributed by atoms with Gasteiger partial charge in [0, 0.05) is 30.3 Å². The number of carboxylic acid groups (broad SMARTS) is 1. The Kier molecular flexibility index (Phi) is 9.51. The number of amides is 1. The summed E-state index contributed by atoms with van der Waals surface area (Å²) in [5.41, 5.74) is 0.736. The highest BCUT2D eigenvalue weighted by molar-refractivity contribution is 6.30. The highest BCUT2D eigenvalue weighted by atomic mass is 35.5. The number of carbonyl (C=O) groups excluding carboxylic acids is 2. The van der Waals surface area contributed by atoms with Crippen LogP contribution in [-0.2, 0) is 19.1 Å². The molecule has 2 N–H and O–H groups in total. The molecule has 8 heteroatoms. The zero-order chi connectivity index (χ0) is 19.5. The molecule has 7 nitrogen and oxygen atoms in total. The van der Waals surface area contributed by atoms with Crippen molar-refractivity contribution in [2.45, 2.75) is 51.7 Å². The Bertz CT molecular complexity index is 604. The van der Waals surface area contributed by atoms with Gasteiger partial charge in [0.05, 0.1) is 6.42 Å². The van der Waals surface area contributed by atoms with Crippen LogP contribution in [0.1, 0.15) is 51.0 Å². The van der Waals surface area contributed by atoms with Crippen molar-refractivity contribution in [1.29, 1.82) is 0 Å². The molecule has 1 aromatic rings. The fraction of sp³-hybridized carbons (Fsp3) is 0.500. The predicted molar refractivity (Wildman–Crippen MR) is 96.0 cm³/mol. The number of esters is 1. The third-order valence-corrected chi connectivity index (χ3v) is 3.82. The molecule has 0 saturated heterocycles. The molecular weight excluding hydrogens is 362 g/mol. The minimum Gasteiger partial charge on any atom is -0.481 e. The van der Waals surface area contributed by atoms with E-state index in [1.807, 2.05) is 6.92 Å². The highest BCUT2D eigenvalue weighted by Crippen LogP contribution is 2.21. The molecule has 0 bridgehead atoms. The monoisotopic (exact) mass is 385 g/mol. The van der Waals surface area contributed by atoms with E-state index in [-0.39, 0.29) is 19.4 Å². The molecule has 1 rings (SSSR count). The van der Waals surface area contributed by atoms with Gasteiger partial charge in [-0.2, -0.15) is 0 Å². The lowest BCUT2D eigenvalue weighted by molar-refractivity contribution is -0.168. The Hall–Kier alpha value is -2.28. The molecule has 1 aromatic carbocycles. The van der Waals surface area contributed by atoms with Crippen LogP contribution < -0.4 is 5.32 Å². The molecule has 0 radical (unpaired) electrons. The van der Waals surface area contributed by atoms with Gasteiger partial charge in [0.25, 0.3) is 0 Å². The number of benzene rings is 1. The first-order valence-corrected chi connectivity index (χ1v) is 8.84. The average Bonchev–Trinajstić information content (AvgIpc) is 2.59. The first kappa shape index (κ1) is 21.8. The second kappa shape index (κ2) is 11.4. The molecule has 0 heterocycles. The summed E-state index contributed by atoms with van der Waals surface area (Å²) >= 11 is 5.84. The third kappa shape index (κ3) is 8.20. The molecule has 0 spiro atoms. The summed E-state index contributed by atoms with van der Waals surface area (Å²) in [6.45, 7) is 3.58. The van der Waals surface area contributed by atoms with E-state index in [1.54, 1.807) is 31.2 Å². The number of hydrogen-bond donors (Lipinski definition) is 2. The van der Waals surface area contributed by atoms with Gasteiger partial charge >= 0.3 is 18.0 Å². The smallest absolute Gasteiger partial charge is 0.410 e. The molecule has 0 aliphatic heterocycles. The van der Waals surface area contributed by atoms with Crippen LogP contribution in [0.5, 0.6) is 0 Å². The minimum absolute atomic E-state index is 0.0628. The number of rotatable bonds is 10. The normalized spacial score (nSPS) is 12.7. The van der Waals surface area contributed by atoms with Crippen LogP contribution in [0.25, 0.3) is 0 Å². The number of aliphatic carboxylic acids is 1. The Morgan fingerprint density at radius 3 is 2.35 bits per heavy atom. The number of nitrogens with one attached hydrogen (secondary N) is 1. The highest BCUT2D eigenvalue weighted by Gasteiger charge is 2.20. The van der Waals surface area contributed by atoms with Crippen LogP contribution in [-0.4, -0.2) is 36.0 Å². The maximum Gasteiger partial charge on any atom is 0.410 e. The van der Waals surface area contributed by atoms with Crippen molar-refractivity contribution in [3.8, 4) is 0 Å². The van der Waals surface area contributed by atoms with Crippen molar-refractivity contribution in [1.82, 2.24) is 5.32 Å². The average molecular weight is 386 g/mol.